The van der Waals surface area contributed by atoms with Crippen molar-refractivity contribution in [2.24, 2.45) is 0 Å². The first-order chi connectivity index (χ1) is 10.4. The summed E-state index contributed by atoms with van der Waals surface area (Å²) < 4.78 is 1.76. The van der Waals surface area contributed by atoms with Gasteiger partial charge in [0, 0.05) is 35.9 Å². The van der Waals surface area contributed by atoms with E-state index in [1.807, 2.05) is 24.3 Å². The Morgan fingerprint density at radius 3 is 2.19 bits per heavy atom. The van der Waals surface area contributed by atoms with Crippen molar-refractivity contribution < 1.29 is 0 Å². The fraction of sp³-hybridized carbons (Fsp3) is 0.133. The largest absolute Gasteiger partial charge is 0.265 e. The van der Waals surface area contributed by atoms with Gasteiger partial charge in [0.1, 0.15) is 0 Å². The molecular weight excluding hydrogens is 264 g/mol. The van der Waals surface area contributed by atoms with Crippen LogP contribution in [0.3, 0.4) is 0 Å². The lowest BCUT2D eigenvalue weighted by Crippen LogP contribution is -2.02. The molecule has 0 bridgehead atoms. The first-order valence-electron chi connectivity index (χ1n) is 6.51. The third-order valence-corrected chi connectivity index (χ3v) is 2.98. The number of hydrogen-bond donors (Lipinski definition) is 0. The van der Waals surface area contributed by atoms with E-state index in [0.29, 0.717) is 18.8 Å². The van der Waals surface area contributed by atoms with E-state index in [1.165, 1.54) is 0 Å². The van der Waals surface area contributed by atoms with Gasteiger partial charge < -0.3 is 0 Å². The van der Waals surface area contributed by atoms with E-state index in [4.69, 9.17) is 5.26 Å². The highest BCUT2D eigenvalue weighted by atomic mass is 15.3. The minimum Gasteiger partial charge on any atom is -0.265 e. The Kier molecular flexibility index (Phi) is 3.65. The highest BCUT2D eigenvalue weighted by Gasteiger charge is 2.13. The van der Waals surface area contributed by atoms with E-state index in [9.17, 15) is 0 Å². The van der Waals surface area contributed by atoms with E-state index in [0.717, 1.165) is 17.0 Å². The second-order valence-electron chi connectivity index (χ2n) is 4.36. The molecule has 3 heterocycles. The predicted octanol–water partition coefficient (Wildman–Crippen LogP) is 2.32. The number of pyridine rings is 2. The van der Waals surface area contributed by atoms with E-state index in [1.54, 1.807) is 29.5 Å². The van der Waals surface area contributed by atoms with Crippen LogP contribution in [0.15, 0.2) is 49.1 Å². The van der Waals surface area contributed by atoms with Crippen LogP contribution < -0.4 is 0 Å². The van der Waals surface area contributed by atoms with Crippen molar-refractivity contribution in [3.05, 3.63) is 49.1 Å². The molecule has 0 aliphatic carbocycles. The van der Waals surface area contributed by atoms with E-state index < -0.39 is 0 Å². The van der Waals surface area contributed by atoms with Crippen molar-refractivity contribution in [3.8, 4) is 28.8 Å². The summed E-state index contributed by atoms with van der Waals surface area (Å²) in [5.74, 6) is 1.36. The van der Waals surface area contributed by atoms with Crippen molar-refractivity contribution in [3.63, 3.8) is 0 Å². The fourth-order valence-electron chi connectivity index (χ4n) is 1.99. The van der Waals surface area contributed by atoms with Crippen molar-refractivity contribution in [2.45, 2.75) is 13.0 Å². The summed E-state index contributed by atoms with van der Waals surface area (Å²) in [5.41, 5.74) is 1.83. The van der Waals surface area contributed by atoms with Crippen LogP contribution in [0.1, 0.15) is 6.42 Å². The summed E-state index contributed by atoms with van der Waals surface area (Å²) in [7, 11) is 0. The lowest BCUT2D eigenvalue weighted by molar-refractivity contribution is 0.635. The number of aryl methyl sites for hydroxylation is 1. The van der Waals surface area contributed by atoms with Gasteiger partial charge in [0.2, 0.25) is 0 Å². The lowest BCUT2D eigenvalue weighted by Gasteiger charge is -2.02. The summed E-state index contributed by atoms with van der Waals surface area (Å²) in [4.78, 5) is 12.6. The van der Waals surface area contributed by atoms with Crippen LogP contribution in [-0.4, -0.2) is 24.7 Å². The predicted molar refractivity (Wildman–Crippen MR) is 76.7 cm³/mol. The van der Waals surface area contributed by atoms with Gasteiger partial charge in [-0.1, -0.05) is 0 Å². The molecule has 0 radical (unpaired) electrons. The van der Waals surface area contributed by atoms with Gasteiger partial charge in [-0.2, -0.15) is 10.4 Å². The molecule has 21 heavy (non-hydrogen) atoms. The minimum atomic E-state index is 0.386. The molecule has 6 nitrogen and oxygen atoms in total. The summed E-state index contributed by atoms with van der Waals surface area (Å²) in [6.07, 6.45) is 7.22. The minimum absolute atomic E-state index is 0.386. The summed E-state index contributed by atoms with van der Waals surface area (Å²) >= 11 is 0. The quantitative estimate of drug-likeness (QED) is 0.730. The summed E-state index contributed by atoms with van der Waals surface area (Å²) in [5, 5.41) is 13.3. The van der Waals surface area contributed by atoms with E-state index in [2.05, 4.69) is 26.1 Å². The van der Waals surface area contributed by atoms with Gasteiger partial charge in [-0.25, -0.2) is 9.67 Å². The van der Waals surface area contributed by atoms with Gasteiger partial charge in [-0.05, 0) is 24.3 Å². The molecule has 0 saturated heterocycles. The molecule has 3 aromatic heterocycles. The van der Waals surface area contributed by atoms with Crippen LogP contribution in [0, 0.1) is 11.3 Å². The zero-order chi connectivity index (χ0) is 14.5. The summed E-state index contributed by atoms with van der Waals surface area (Å²) in [6, 6.07) is 9.61. The van der Waals surface area contributed by atoms with Gasteiger partial charge >= 0.3 is 0 Å². The Morgan fingerprint density at radius 1 is 0.952 bits per heavy atom. The maximum absolute atomic E-state index is 8.78. The van der Waals surface area contributed by atoms with E-state index in [-0.39, 0.29) is 0 Å². The Labute approximate surface area is 121 Å². The zero-order valence-corrected chi connectivity index (χ0v) is 11.2. The molecule has 0 N–H and O–H groups in total. The first kappa shape index (κ1) is 12.9. The SMILES string of the molecule is N#CCCn1nc(-c2ccncc2)nc1-c1ccncc1. The number of aromatic nitrogens is 5. The molecule has 6 heteroatoms. The van der Waals surface area contributed by atoms with Crippen molar-refractivity contribution in [1.82, 2.24) is 24.7 Å². The molecule has 0 aliphatic rings. The third-order valence-electron chi connectivity index (χ3n) is 2.98. The monoisotopic (exact) mass is 276 g/mol. The van der Waals surface area contributed by atoms with E-state index >= 15 is 0 Å². The molecule has 0 amide bonds. The van der Waals surface area contributed by atoms with Crippen molar-refractivity contribution >= 4 is 0 Å². The molecule has 3 rings (SSSR count). The van der Waals surface area contributed by atoms with Crippen molar-refractivity contribution in [1.29, 1.82) is 5.26 Å². The number of nitriles is 1. The Morgan fingerprint density at radius 2 is 1.57 bits per heavy atom. The van der Waals surface area contributed by atoms with Crippen LogP contribution in [-0.2, 0) is 6.54 Å². The van der Waals surface area contributed by atoms with Gasteiger partial charge in [0.05, 0.1) is 19.0 Å². The van der Waals surface area contributed by atoms with Crippen LogP contribution in [0.25, 0.3) is 22.8 Å². The van der Waals surface area contributed by atoms with Crippen LogP contribution in [0.2, 0.25) is 0 Å². The second-order valence-corrected chi connectivity index (χ2v) is 4.36. The van der Waals surface area contributed by atoms with Gasteiger partial charge in [-0.3, -0.25) is 9.97 Å². The standard InChI is InChI=1S/C15H12N6/c16-6-1-11-21-15(13-4-9-18-10-5-13)19-14(20-21)12-2-7-17-8-3-12/h2-5,7-10H,1,11H2. The van der Waals surface area contributed by atoms with Crippen molar-refractivity contribution in [2.75, 3.05) is 0 Å². The molecule has 0 aromatic carbocycles. The number of nitrogens with zero attached hydrogens (tertiary/aromatic N) is 6. The molecule has 0 aliphatic heterocycles. The van der Waals surface area contributed by atoms with Crippen LogP contribution >= 0.6 is 0 Å². The average Bonchev–Trinajstić information content (AvgIpc) is 2.99. The average molecular weight is 276 g/mol. The Balaban J connectivity index is 2.06. The second kappa shape index (κ2) is 5.92. The van der Waals surface area contributed by atoms with Crippen LogP contribution in [0.5, 0.6) is 0 Å². The van der Waals surface area contributed by atoms with Crippen LogP contribution in [0.4, 0.5) is 0 Å². The third kappa shape index (κ3) is 2.77. The highest BCUT2D eigenvalue weighted by Crippen LogP contribution is 2.21. The lowest BCUT2D eigenvalue weighted by atomic mass is 10.2. The molecule has 3 aromatic rings. The Hall–Kier alpha value is -3.07. The molecule has 0 saturated carbocycles. The zero-order valence-electron chi connectivity index (χ0n) is 11.2. The molecule has 102 valence electrons. The fourth-order valence-corrected chi connectivity index (χ4v) is 1.99. The molecular formula is C15H12N6. The topological polar surface area (TPSA) is 80.3 Å². The van der Waals surface area contributed by atoms with Gasteiger partial charge in [0.25, 0.3) is 0 Å². The normalized spacial score (nSPS) is 10.2. The summed E-state index contributed by atoms with van der Waals surface area (Å²) in [6.45, 7) is 0.506. The van der Waals surface area contributed by atoms with Gasteiger partial charge in [-0.15, -0.1) is 0 Å². The maximum atomic E-state index is 8.78. The number of rotatable bonds is 4. The Bertz CT molecular complexity index is 758. The molecule has 0 atom stereocenters. The number of hydrogen-bond acceptors (Lipinski definition) is 5. The highest BCUT2D eigenvalue weighted by molar-refractivity contribution is 5.60. The maximum Gasteiger partial charge on any atom is 0.181 e. The van der Waals surface area contributed by atoms with Gasteiger partial charge in [0.15, 0.2) is 11.6 Å². The smallest absolute Gasteiger partial charge is 0.181 e. The molecule has 0 spiro atoms. The first-order valence-corrected chi connectivity index (χ1v) is 6.51. The molecule has 0 unspecified atom stereocenters. The molecule has 0 fully saturated rings.